The van der Waals surface area contributed by atoms with Crippen molar-refractivity contribution in [2.45, 2.75) is 99.7 Å². The lowest BCUT2D eigenvalue weighted by Crippen LogP contribution is -2.46. The first-order valence-corrected chi connectivity index (χ1v) is 21.2. The molecule has 6 heterocycles. The number of aromatic nitrogens is 6. The number of fused-ring (bicyclic) bond motifs is 4. The molecule has 8 nitrogen and oxygen atoms in total. The normalized spacial score (nSPS) is 24.8. The van der Waals surface area contributed by atoms with Crippen LogP contribution in [0.3, 0.4) is 0 Å². The standard InChI is InChI=1S/2C22H22Cl2N4/c23-20-7-3-1-5-18(20)22(19-6-2-4-8-21(19)24)28-15-9-10-16(28)14-17(13-15)27-12-11-25-26-27;23-20-7-3-1-5-18(20)22(19-6-2-4-8-21(19)24)27-15-9-10-16(27)14-17(13-15)28-25-11-12-26-28/h2*1-8,11-12,15-17,22H,9-10,13-14H2. The molecule has 6 aromatic rings. The van der Waals surface area contributed by atoms with E-state index in [-0.39, 0.29) is 12.1 Å². The second kappa shape index (κ2) is 16.6. The van der Waals surface area contributed by atoms with Gasteiger partial charge in [0.2, 0.25) is 0 Å². The molecule has 56 heavy (non-hydrogen) atoms. The Labute approximate surface area is 348 Å². The third-order valence-corrected chi connectivity index (χ3v) is 13.9. The van der Waals surface area contributed by atoms with Crippen LogP contribution >= 0.6 is 46.4 Å². The van der Waals surface area contributed by atoms with E-state index in [0.29, 0.717) is 36.3 Å². The molecule has 4 bridgehead atoms. The van der Waals surface area contributed by atoms with Crippen LogP contribution in [0.4, 0.5) is 0 Å². The molecule has 0 spiro atoms. The van der Waals surface area contributed by atoms with Crippen LogP contribution in [0, 0.1) is 0 Å². The fraction of sp³-hybridized carbons (Fsp3) is 0.364. The van der Waals surface area contributed by atoms with Crippen LogP contribution in [0.15, 0.2) is 122 Å². The van der Waals surface area contributed by atoms with E-state index in [1.165, 1.54) is 25.7 Å². The summed E-state index contributed by atoms with van der Waals surface area (Å²) in [5, 5.41) is 20.2. The van der Waals surface area contributed by atoms with E-state index in [0.717, 1.165) is 68.0 Å². The Morgan fingerprint density at radius 1 is 0.446 bits per heavy atom. The van der Waals surface area contributed by atoms with Gasteiger partial charge in [-0.25, -0.2) is 4.68 Å². The number of halogens is 4. The molecule has 4 aromatic carbocycles. The Kier molecular flexibility index (Phi) is 11.2. The van der Waals surface area contributed by atoms with Crippen molar-refractivity contribution in [3.8, 4) is 0 Å². The van der Waals surface area contributed by atoms with E-state index in [1.807, 2.05) is 64.2 Å². The Balaban J connectivity index is 0.000000146. The molecule has 4 saturated heterocycles. The number of benzene rings is 4. The van der Waals surface area contributed by atoms with Gasteiger partial charge in [0.15, 0.2) is 0 Å². The summed E-state index contributed by atoms with van der Waals surface area (Å²) in [4.78, 5) is 7.21. The van der Waals surface area contributed by atoms with Crippen LogP contribution in [0.1, 0.15) is 97.8 Å². The predicted molar refractivity (Wildman–Crippen MR) is 223 cm³/mol. The lowest BCUT2D eigenvalue weighted by Gasteiger charge is -2.44. The Morgan fingerprint density at radius 3 is 1.14 bits per heavy atom. The lowest BCUT2D eigenvalue weighted by molar-refractivity contribution is 0.0694. The summed E-state index contributed by atoms with van der Waals surface area (Å²) in [5.41, 5.74) is 4.52. The molecule has 0 amide bonds. The summed E-state index contributed by atoms with van der Waals surface area (Å²) < 4.78 is 2.03. The summed E-state index contributed by atoms with van der Waals surface area (Å²) >= 11 is 26.7. The van der Waals surface area contributed by atoms with E-state index in [1.54, 1.807) is 18.6 Å². The van der Waals surface area contributed by atoms with Crippen molar-refractivity contribution in [1.29, 1.82) is 0 Å². The smallest absolute Gasteiger partial charge is 0.0746 e. The number of nitrogens with zero attached hydrogens (tertiary/aromatic N) is 8. The van der Waals surface area contributed by atoms with Crippen molar-refractivity contribution >= 4 is 46.4 Å². The molecule has 0 radical (unpaired) electrons. The van der Waals surface area contributed by atoms with Crippen molar-refractivity contribution < 1.29 is 0 Å². The quantitative estimate of drug-likeness (QED) is 0.152. The highest BCUT2D eigenvalue weighted by atomic mass is 35.5. The minimum atomic E-state index is 0.0615. The summed E-state index contributed by atoms with van der Waals surface area (Å²) in [6, 6.07) is 35.4. The summed E-state index contributed by atoms with van der Waals surface area (Å²) in [6.45, 7) is 0. The number of hydrogen-bond donors (Lipinski definition) is 0. The minimum absolute atomic E-state index is 0.0615. The van der Waals surface area contributed by atoms with Gasteiger partial charge in [-0.3, -0.25) is 9.80 Å². The molecule has 0 saturated carbocycles. The molecule has 2 aromatic heterocycles. The van der Waals surface area contributed by atoms with Crippen LogP contribution in [0.2, 0.25) is 20.1 Å². The van der Waals surface area contributed by atoms with Crippen LogP contribution in [-0.2, 0) is 0 Å². The molecule has 10 rings (SSSR count). The van der Waals surface area contributed by atoms with Gasteiger partial charge in [0.1, 0.15) is 0 Å². The number of hydrogen-bond acceptors (Lipinski definition) is 6. The molecule has 4 aliphatic rings. The number of piperidine rings is 2. The van der Waals surface area contributed by atoms with Crippen LogP contribution in [-0.4, -0.2) is 64.0 Å². The molecule has 0 aliphatic carbocycles. The zero-order chi connectivity index (χ0) is 38.2. The van der Waals surface area contributed by atoms with Gasteiger partial charge in [-0.05, 0) is 97.9 Å². The van der Waals surface area contributed by atoms with Gasteiger partial charge in [0, 0.05) is 50.5 Å². The topological polar surface area (TPSA) is 67.9 Å². The van der Waals surface area contributed by atoms with Crippen LogP contribution < -0.4 is 0 Å². The van der Waals surface area contributed by atoms with Crippen molar-refractivity contribution in [3.63, 3.8) is 0 Å². The average molecular weight is 827 g/mol. The maximum atomic E-state index is 6.67. The zero-order valence-corrected chi connectivity index (χ0v) is 33.9. The van der Waals surface area contributed by atoms with E-state index >= 15 is 0 Å². The summed E-state index contributed by atoms with van der Waals surface area (Å²) in [5.74, 6) is 0. The van der Waals surface area contributed by atoms with E-state index in [4.69, 9.17) is 46.4 Å². The monoisotopic (exact) mass is 824 g/mol. The first-order chi connectivity index (χ1) is 27.4. The van der Waals surface area contributed by atoms with Gasteiger partial charge in [-0.1, -0.05) is 124 Å². The Hall–Kier alpha value is -3.76. The Morgan fingerprint density at radius 2 is 0.804 bits per heavy atom. The van der Waals surface area contributed by atoms with Gasteiger partial charge in [-0.2, -0.15) is 15.0 Å². The van der Waals surface area contributed by atoms with E-state index in [2.05, 4.69) is 78.8 Å². The van der Waals surface area contributed by atoms with Gasteiger partial charge in [0.05, 0.1) is 42.8 Å². The zero-order valence-electron chi connectivity index (χ0n) is 30.9. The van der Waals surface area contributed by atoms with Crippen molar-refractivity contribution in [3.05, 3.63) is 164 Å². The summed E-state index contributed by atoms with van der Waals surface area (Å²) in [6.07, 6.45) is 16.3. The van der Waals surface area contributed by atoms with Crippen molar-refractivity contribution in [2.24, 2.45) is 0 Å². The molecule has 4 aliphatic heterocycles. The van der Waals surface area contributed by atoms with Crippen LogP contribution in [0.25, 0.3) is 0 Å². The molecule has 4 atom stereocenters. The molecule has 4 unspecified atom stereocenters. The van der Waals surface area contributed by atoms with Crippen molar-refractivity contribution in [2.75, 3.05) is 0 Å². The largest absolute Gasteiger partial charge is 0.286 e. The summed E-state index contributed by atoms with van der Waals surface area (Å²) in [7, 11) is 0. The highest BCUT2D eigenvalue weighted by Gasteiger charge is 2.47. The predicted octanol–water partition coefficient (Wildman–Crippen LogP) is 11.1. The van der Waals surface area contributed by atoms with Crippen LogP contribution in [0.5, 0.6) is 0 Å². The first kappa shape index (κ1) is 37.8. The van der Waals surface area contributed by atoms with Gasteiger partial charge in [-0.15, -0.1) is 5.10 Å². The SMILES string of the molecule is Clc1ccccc1C(c1ccccc1Cl)N1C2CCC1CC(n1ccnn1)C2.Clc1ccccc1C(c1ccccc1Cl)N1C2CCC1CC(n1nccn1)C2. The highest BCUT2D eigenvalue weighted by molar-refractivity contribution is 6.33. The molecule has 12 heteroatoms. The van der Waals surface area contributed by atoms with Gasteiger partial charge >= 0.3 is 0 Å². The van der Waals surface area contributed by atoms with Gasteiger partial charge < -0.3 is 0 Å². The van der Waals surface area contributed by atoms with Crippen molar-refractivity contribution in [1.82, 2.24) is 39.8 Å². The van der Waals surface area contributed by atoms with Gasteiger partial charge in [0.25, 0.3) is 0 Å². The molecular formula is C44H44Cl4N8. The molecule has 4 fully saturated rings. The first-order valence-electron chi connectivity index (χ1n) is 19.7. The fourth-order valence-corrected chi connectivity index (χ4v) is 11.2. The van der Waals surface area contributed by atoms with E-state index < -0.39 is 0 Å². The molecule has 0 N–H and O–H groups in total. The number of rotatable bonds is 8. The highest BCUT2D eigenvalue weighted by Crippen LogP contribution is 2.50. The maximum absolute atomic E-state index is 6.67. The van der Waals surface area contributed by atoms with E-state index in [9.17, 15) is 0 Å². The lowest BCUT2D eigenvalue weighted by atomic mass is 9.89. The third kappa shape index (κ3) is 7.41. The maximum Gasteiger partial charge on any atom is 0.0746 e. The Bertz CT molecular complexity index is 1960. The second-order valence-corrected chi connectivity index (χ2v) is 17.2. The minimum Gasteiger partial charge on any atom is -0.286 e. The molecular weight excluding hydrogens is 782 g/mol. The fourth-order valence-electron chi connectivity index (χ4n) is 10.2. The third-order valence-electron chi connectivity index (χ3n) is 12.5. The average Bonchev–Trinajstić information content (AvgIpc) is 4.03. The second-order valence-electron chi connectivity index (χ2n) is 15.5. The molecule has 288 valence electrons.